The first kappa shape index (κ1) is 9.18. The molecule has 1 aromatic carbocycles. The van der Waals surface area contributed by atoms with Crippen molar-refractivity contribution < 1.29 is 0 Å². The number of hydrogen-bond acceptors (Lipinski definition) is 3. The van der Waals surface area contributed by atoms with Gasteiger partial charge in [-0.1, -0.05) is 17.7 Å². The molecule has 0 aliphatic carbocycles. The first-order chi connectivity index (χ1) is 6.81. The molecule has 0 saturated carbocycles. The van der Waals surface area contributed by atoms with Gasteiger partial charge in [-0.2, -0.15) is 0 Å². The van der Waals surface area contributed by atoms with Crippen molar-refractivity contribution in [1.82, 2.24) is 14.8 Å². The van der Waals surface area contributed by atoms with Crippen LogP contribution in [0.1, 0.15) is 5.56 Å². The maximum atomic E-state index is 5.90. The summed E-state index contributed by atoms with van der Waals surface area (Å²) < 4.78 is 1.79. The molecule has 0 bridgehead atoms. The van der Waals surface area contributed by atoms with E-state index < -0.39 is 0 Å². The zero-order valence-electron chi connectivity index (χ0n) is 7.39. The predicted octanol–water partition coefficient (Wildman–Crippen LogP) is 1.38. The SMILES string of the molecule is NCc1ccc(Cl)cc1-n1cnnc1. The molecule has 4 nitrogen and oxygen atoms in total. The van der Waals surface area contributed by atoms with Crippen LogP contribution >= 0.6 is 11.6 Å². The quantitative estimate of drug-likeness (QED) is 0.811. The summed E-state index contributed by atoms with van der Waals surface area (Å²) in [5.41, 5.74) is 7.54. The second kappa shape index (κ2) is 3.77. The average Bonchev–Trinajstić information content (AvgIpc) is 2.70. The molecule has 0 aliphatic rings. The van der Waals surface area contributed by atoms with Crippen LogP contribution in [-0.4, -0.2) is 14.8 Å². The number of halogens is 1. The number of benzene rings is 1. The summed E-state index contributed by atoms with van der Waals surface area (Å²) in [6, 6.07) is 5.56. The zero-order valence-corrected chi connectivity index (χ0v) is 8.15. The molecule has 2 N–H and O–H groups in total. The van der Waals surface area contributed by atoms with Gasteiger partial charge in [0.05, 0.1) is 5.69 Å². The number of rotatable bonds is 2. The van der Waals surface area contributed by atoms with Gasteiger partial charge in [0.15, 0.2) is 0 Å². The topological polar surface area (TPSA) is 56.7 Å². The number of hydrogen-bond donors (Lipinski definition) is 1. The van der Waals surface area contributed by atoms with Crippen LogP contribution in [0.5, 0.6) is 0 Å². The predicted molar refractivity (Wildman–Crippen MR) is 54.3 cm³/mol. The van der Waals surface area contributed by atoms with E-state index in [-0.39, 0.29) is 0 Å². The second-order valence-corrected chi connectivity index (χ2v) is 3.28. The molecular weight excluding hydrogens is 200 g/mol. The van der Waals surface area contributed by atoms with Gasteiger partial charge in [-0.3, -0.25) is 4.57 Å². The first-order valence-electron chi connectivity index (χ1n) is 4.15. The van der Waals surface area contributed by atoms with Crippen molar-refractivity contribution in [2.75, 3.05) is 0 Å². The van der Waals surface area contributed by atoms with Crippen molar-refractivity contribution >= 4 is 11.6 Å². The van der Waals surface area contributed by atoms with Crippen LogP contribution in [0.4, 0.5) is 0 Å². The third-order valence-corrected chi connectivity index (χ3v) is 2.20. The molecule has 0 unspecified atom stereocenters. The van der Waals surface area contributed by atoms with Gasteiger partial charge in [0.2, 0.25) is 0 Å². The van der Waals surface area contributed by atoms with Gasteiger partial charge in [-0.15, -0.1) is 10.2 Å². The second-order valence-electron chi connectivity index (χ2n) is 2.85. The summed E-state index contributed by atoms with van der Waals surface area (Å²) in [6.07, 6.45) is 3.23. The molecule has 0 fully saturated rings. The van der Waals surface area contributed by atoms with Gasteiger partial charge in [-0.05, 0) is 17.7 Å². The van der Waals surface area contributed by atoms with E-state index in [1.807, 2.05) is 18.2 Å². The molecule has 14 heavy (non-hydrogen) atoms. The minimum atomic E-state index is 0.463. The lowest BCUT2D eigenvalue weighted by Crippen LogP contribution is -2.03. The zero-order chi connectivity index (χ0) is 9.97. The van der Waals surface area contributed by atoms with Crippen LogP contribution in [0, 0.1) is 0 Å². The van der Waals surface area contributed by atoms with Gasteiger partial charge in [0, 0.05) is 11.6 Å². The number of nitrogens with two attached hydrogens (primary N) is 1. The fourth-order valence-electron chi connectivity index (χ4n) is 1.28. The first-order valence-corrected chi connectivity index (χ1v) is 4.52. The standard InChI is InChI=1S/C9H9ClN4/c10-8-2-1-7(4-11)9(3-8)14-5-12-13-6-14/h1-3,5-6H,4,11H2. The Labute approximate surface area is 86.3 Å². The van der Waals surface area contributed by atoms with Crippen molar-refractivity contribution in [2.45, 2.75) is 6.54 Å². The Morgan fingerprint density at radius 2 is 2.00 bits per heavy atom. The Morgan fingerprint density at radius 1 is 1.29 bits per heavy atom. The maximum Gasteiger partial charge on any atom is 0.123 e. The fourth-order valence-corrected chi connectivity index (χ4v) is 1.44. The Kier molecular flexibility index (Phi) is 2.47. The van der Waals surface area contributed by atoms with Crippen LogP contribution in [0.25, 0.3) is 5.69 Å². The van der Waals surface area contributed by atoms with Crippen molar-refractivity contribution in [3.63, 3.8) is 0 Å². The Hall–Kier alpha value is -1.39. The van der Waals surface area contributed by atoms with Crippen LogP contribution in [0.2, 0.25) is 5.02 Å². The normalized spacial score (nSPS) is 10.4. The van der Waals surface area contributed by atoms with Crippen molar-refractivity contribution in [3.8, 4) is 5.69 Å². The molecule has 0 radical (unpaired) electrons. The molecule has 1 heterocycles. The Bertz CT molecular complexity index is 424. The highest BCUT2D eigenvalue weighted by Gasteiger charge is 2.03. The molecule has 0 saturated heterocycles. The van der Waals surface area contributed by atoms with Crippen molar-refractivity contribution in [2.24, 2.45) is 5.73 Å². The monoisotopic (exact) mass is 208 g/mol. The molecular formula is C9H9ClN4. The third kappa shape index (κ3) is 1.62. The molecule has 5 heteroatoms. The summed E-state index contributed by atoms with van der Waals surface area (Å²) >= 11 is 5.90. The molecule has 0 aliphatic heterocycles. The Morgan fingerprint density at radius 3 is 2.64 bits per heavy atom. The lowest BCUT2D eigenvalue weighted by molar-refractivity contribution is 0.981. The van der Waals surface area contributed by atoms with Crippen molar-refractivity contribution in [1.29, 1.82) is 0 Å². The number of aromatic nitrogens is 3. The summed E-state index contributed by atoms with van der Waals surface area (Å²) in [5, 5.41) is 8.14. The fraction of sp³-hybridized carbons (Fsp3) is 0.111. The van der Waals surface area contributed by atoms with Crippen LogP contribution in [0.15, 0.2) is 30.9 Å². The van der Waals surface area contributed by atoms with Gasteiger partial charge in [-0.25, -0.2) is 0 Å². The largest absolute Gasteiger partial charge is 0.326 e. The van der Waals surface area contributed by atoms with Gasteiger partial charge < -0.3 is 5.73 Å². The lowest BCUT2D eigenvalue weighted by Gasteiger charge is -2.07. The molecule has 2 rings (SSSR count). The average molecular weight is 209 g/mol. The molecule has 0 amide bonds. The van der Waals surface area contributed by atoms with Gasteiger partial charge in [0.1, 0.15) is 12.7 Å². The molecule has 72 valence electrons. The summed E-state index contributed by atoms with van der Waals surface area (Å²) in [4.78, 5) is 0. The molecule has 2 aromatic rings. The van der Waals surface area contributed by atoms with Crippen molar-refractivity contribution in [3.05, 3.63) is 41.4 Å². The van der Waals surface area contributed by atoms with Gasteiger partial charge >= 0.3 is 0 Å². The van der Waals surface area contributed by atoms with E-state index in [4.69, 9.17) is 17.3 Å². The summed E-state index contributed by atoms with van der Waals surface area (Å²) in [7, 11) is 0. The van der Waals surface area contributed by atoms with E-state index in [2.05, 4.69) is 10.2 Å². The highest BCUT2D eigenvalue weighted by atomic mass is 35.5. The minimum Gasteiger partial charge on any atom is -0.326 e. The molecule has 0 atom stereocenters. The van der Waals surface area contributed by atoms with E-state index in [1.165, 1.54) is 0 Å². The third-order valence-electron chi connectivity index (χ3n) is 1.96. The van der Waals surface area contributed by atoms with E-state index in [0.29, 0.717) is 11.6 Å². The Balaban J connectivity index is 2.55. The molecule has 1 aromatic heterocycles. The highest BCUT2D eigenvalue weighted by molar-refractivity contribution is 6.30. The summed E-state index contributed by atoms with van der Waals surface area (Å²) in [6.45, 7) is 0.463. The maximum absolute atomic E-state index is 5.90. The van der Waals surface area contributed by atoms with E-state index >= 15 is 0 Å². The van der Waals surface area contributed by atoms with Crippen LogP contribution < -0.4 is 5.73 Å². The summed E-state index contributed by atoms with van der Waals surface area (Å²) in [5.74, 6) is 0. The molecule has 0 spiro atoms. The minimum absolute atomic E-state index is 0.463. The smallest absolute Gasteiger partial charge is 0.123 e. The lowest BCUT2D eigenvalue weighted by atomic mass is 10.2. The van der Waals surface area contributed by atoms with Crippen LogP contribution in [-0.2, 0) is 6.54 Å². The van der Waals surface area contributed by atoms with E-state index in [9.17, 15) is 0 Å². The van der Waals surface area contributed by atoms with E-state index in [1.54, 1.807) is 17.2 Å². The van der Waals surface area contributed by atoms with E-state index in [0.717, 1.165) is 11.3 Å². The van der Waals surface area contributed by atoms with Crippen LogP contribution in [0.3, 0.4) is 0 Å². The number of nitrogens with zero attached hydrogens (tertiary/aromatic N) is 3. The highest BCUT2D eigenvalue weighted by Crippen LogP contribution is 2.19. The van der Waals surface area contributed by atoms with Gasteiger partial charge in [0.25, 0.3) is 0 Å².